The van der Waals surface area contributed by atoms with Crippen LogP contribution in [-0.4, -0.2) is 40.5 Å². The number of hydrogen-bond acceptors (Lipinski definition) is 6. The number of nitrogens with zero attached hydrogens (tertiary/aromatic N) is 4. The normalized spacial score (nSPS) is 17.8. The first-order chi connectivity index (χ1) is 15.7. The molecular weight excluding hydrogens is 424 g/mol. The monoisotopic (exact) mass is 448 g/mol. The van der Waals surface area contributed by atoms with Crippen molar-refractivity contribution in [3.8, 4) is 11.1 Å². The van der Waals surface area contributed by atoms with Crippen LogP contribution in [0.1, 0.15) is 24.0 Å². The van der Waals surface area contributed by atoms with E-state index in [2.05, 4.69) is 48.7 Å². The summed E-state index contributed by atoms with van der Waals surface area (Å²) in [6.07, 6.45) is 9.77. The Morgan fingerprint density at radius 3 is 2.91 bits per heavy atom. The molecule has 0 saturated carbocycles. The van der Waals surface area contributed by atoms with E-state index < -0.39 is 0 Å². The Labute approximate surface area is 192 Å². The second-order valence-electron chi connectivity index (χ2n) is 8.34. The Morgan fingerprint density at radius 2 is 2.09 bits per heavy atom. The average Bonchev–Trinajstić information content (AvgIpc) is 3.23. The van der Waals surface area contributed by atoms with Crippen LogP contribution in [0.5, 0.6) is 0 Å². The SMILES string of the molecule is O=C(Nc1cc(-c2ccc3c(c2)N(Cc2cncnc2)CC3)c(Cl)cn1)C1CCCNC1. The Hall–Kier alpha value is -3.03. The minimum absolute atomic E-state index is 0.00295. The molecule has 1 aromatic carbocycles. The fourth-order valence-electron chi connectivity index (χ4n) is 4.44. The summed E-state index contributed by atoms with van der Waals surface area (Å²) in [4.78, 5) is 27.6. The van der Waals surface area contributed by atoms with E-state index in [0.717, 1.165) is 55.6 Å². The van der Waals surface area contributed by atoms with Crippen molar-refractivity contribution >= 4 is 29.0 Å². The Morgan fingerprint density at radius 1 is 1.22 bits per heavy atom. The standard InChI is InChI=1S/C24H25ClN6O/c25-21-13-29-23(30-24(32)19-2-1-6-26-12-19)9-20(21)18-4-3-17-5-7-31(22(17)8-18)14-16-10-27-15-28-11-16/h3-4,8-11,13,15,19,26H,1-2,5-7,12,14H2,(H,29,30,32). The predicted molar refractivity (Wildman–Crippen MR) is 126 cm³/mol. The van der Waals surface area contributed by atoms with E-state index in [0.29, 0.717) is 17.4 Å². The summed E-state index contributed by atoms with van der Waals surface area (Å²) in [5.41, 5.74) is 5.45. The number of hydrogen-bond donors (Lipinski definition) is 2. The highest BCUT2D eigenvalue weighted by Gasteiger charge is 2.23. The number of rotatable bonds is 5. The number of aromatic nitrogens is 3. The van der Waals surface area contributed by atoms with E-state index in [9.17, 15) is 4.79 Å². The average molecular weight is 449 g/mol. The number of anilines is 2. The minimum Gasteiger partial charge on any atom is -0.367 e. The van der Waals surface area contributed by atoms with Crippen molar-refractivity contribution in [2.45, 2.75) is 25.8 Å². The zero-order chi connectivity index (χ0) is 21.9. The molecule has 5 rings (SSSR count). The van der Waals surface area contributed by atoms with Crippen molar-refractivity contribution in [1.82, 2.24) is 20.3 Å². The van der Waals surface area contributed by atoms with Gasteiger partial charge in [-0.15, -0.1) is 0 Å². The van der Waals surface area contributed by atoms with Gasteiger partial charge in [0.2, 0.25) is 5.91 Å². The van der Waals surface area contributed by atoms with Crippen LogP contribution < -0.4 is 15.5 Å². The van der Waals surface area contributed by atoms with Gasteiger partial charge in [-0.1, -0.05) is 23.7 Å². The Balaban J connectivity index is 1.38. The first kappa shape index (κ1) is 20.8. The molecule has 164 valence electrons. The molecule has 1 saturated heterocycles. The molecule has 0 aliphatic carbocycles. The molecule has 3 aromatic rings. The van der Waals surface area contributed by atoms with Crippen LogP contribution in [0.4, 0.5) is 11.5 Å². The van der Waals surface area contributed by atoms with Crippen LogP contribution >= 0.6 is 11.6 Å². The maximum atomic E-state index is 12.6. The third-order valence-electron chi connectivity index (χ3n) is 6.15. The molecule has 1 fully saturated rings. The van der Waals surface area contributed by atoms with Crippen LogP contribution in [-0.2, 0) is 17.8 Å². The maximum absolute atomic E-state index is 12.6. The maximum Gasteiger partial charge on any atom is 0.229 e. The number of pyridine rings is 1. The van der Waals surface area contributed by atoms with E-state index in [1.54, 1.807) is 12.5 Å². The van der Waals surface area contributed by atoms with Gasteiger partial charge in [-0.2, -0.15) is 0 Å². The van der Waals surface area contributed by atoms with Gasteiger partial charge in [0.05, 0.1) is 10.9 Å². The molecule has 7 nitrogen and oxygen atoms in total. The van der Waals surface area contributed by atoms with Gasteiger partial charge in [-0.25, -0.2) is 15.0 Å². The summed E-state index contributed by atoms with van der Waals surface area (Å²) in [5.74, 6) is 0.502. The lowest BCUT2D eigenvalue weighted by atomic mass is 9.99. The minimum atomic E-state index is -0.0276. The van der Waals surface area contributed by atoms with Gasteiger partial charge < -0.3 is 15.5 Å². The summed E-state index contributed by atoms with van der Waals surface area (Å²) >= 11 is 6.52. The molecule has 1 amide bonds. The van der Waals surface area contributed by atoms with Gasteiger partial charge in [0.1, 0.15) is 12.1 Å². The molecule has 1 atom stereocenters. The number of fused-ring (bicyclic) bond motifs is 1. The van der Waals surface area contributed by atoms with Crippen molar-refractivity contribution in [2.24, 2.45) is 5.92 Å². The van der Waals surface area contributed by atoms with E-state index in [4.69, 9.17) is 11.6 Å². The largest absolute Gasteiger partial charge is 0.367 e. The summed E-state index contributed by atoms with van der Waals surface area (Å²) in [6.45, 7) is 3.39. The first-order valence-electron chi connectivity index (χ1n) is 11.0. The van der Waals surface area contributed by atoms with Gasteiger partial charge in [0.15, 0.2) is 0 Å². The van der Waals surface area contributed by atoms with Crippen LogP contribution in [0, 0.1) is 5.92 Å². The molecule has 0 bridgehead atoms. The highest BCUT2D eigenvalue weighted by Crippen LogP contribution is 2.36. The molecule has 32 heavy (non-hydrogen) atoms. The lowest BCUT2D eigenvalue weighted by molar-refractivity contribution is -0.120. The molecular formula is C24H25ClN6O. The molecule has 8 heteroatoms. The fourth-order valence-corrected chi connectivity index (χ4v) is 4.65. The highest BCUT2D eigenvalue weighted by atomic mass is 35.5. The lowest BCUT2D eigenvalue weighted by Crippen LogP contribution is -2.37. The third kappa shape index (κ3) is 4.45. The molecule has 2 aliphatic rings. The second-order valence-corrected chi connectivity index (χ2v) is 8.75. The van der Waals surface area contributed by atoms with E-state index in [1.165, 1.54) is 11.3 Å². The molecule has 0 radical (unpaired) electrons. The van der Waals surface area contributed by atoms with Crippen molar-refractivity contribution in [2.75, 3.05) is 29.9 Å². The first-order valence-corrected chi connectivity index (χ1v) is 11.3. The van der Waals surface area contributed by atoms with Gasteiger partial charge in [0.25, 0.3) is 0 Å². The van der Waals surface area contributed by atoms with Gasteiger partial charge in [-0.05, 0) is 49.1 Å². The summed E-state index contributed by atoms with van der Waals surface area (Å²) in [5, 5.41) is 6.81. The van der Waals surface area contributed by atoms with Gasteiger partial charge in [0, 0.05) is 55.0 Å². The molecule has 1 unspecified atom stereocenters. The highest BCUT2D eigenvalue weighted by molar-refractivity contribution is 6.33. The molecule has 2 aliphatic heterocycles. The van der Waals surface area contributed by atoms with Crippen molar-refractivity contribution in [3.63, 3.8) is 0 Å². The molecule has 2 N–H and O–H groups in total. The zero-order valence-electron chi connectivity index (χ0n) is 17.7. The quantitative estimate of drug-likeness (QED) is 0.619. The number of halogens is 1. The van der Waals surface area contributed by atoms with Crippen LogP contribution in [0.25, 0.3) is 11.1 Å². The second kappa shape index (κ2) is 9.22. The van der Waals surface area contributed by atoms with E-state index >= 15 is 0 Å². The third-order valence-corrected chi connectivity index (χ3v) is 6.45. The van der Waals surface area contributed by atoms with Crippen molar-refractivity contribution < 1.29 is 4.79 Å². The lowest BCUT2D eigenvalue weighted by Gasteiger charge is -2.22. The summed E-state index contributed by atoms with van der Waals surface area (Å²) < 4.78 is 0. The Bertz CT molecular complexity index is 1120. The molecule has 2 aromatic heterocycles. The van der Waals surface area contributed by atoms with Crippen LogP contribution in [0.2, 0.25) is 5.02 Å². The van der Waals surface area contributed by atoms with E-state index in [1.807, 2.05) is 18.5 Å². The zero-order valence-corrected chi connectivity index (χ0v) is 18.5. The number of nitrogens with one attached hydrogen (secondary N) is 2. The smallest absolute Gasteiger partial charge is 0.229 e. The van der Waals surface area contributed by atoms with Crippen molar-refractivity contribution in [1.29, 1.82) is 0 Å². The fraction of sp³-hybridized carbons (Fsp3) is 0.333. The number of piperidine rings is 1. The summed E-state index contributed by atoms with van der Waals surface area (Å²) in [7, 11) is 0. The Kier molecular flexibility index (Phi) is 6.01. The number of amides is 1. The van der Waals surface area contributed by atoms with Gasteiger partial charge in [-0.3, -0.25) is 4.79 Å². The number of carbonyl (C=O) groups excluding carboxylic acids is 1. The van der Waals surface area contributed by atoms with E-state index in [-0.39, 0.29) is 11.8 Å². The summed E-state index contributed by atoms with van der Waals surface area (Å²) in [6, 6.07) is 8.28. The molecule has 0 spiro atoms. The van der Waals surface area contributed by atoms with Crippen LogP contribution in [0.3, 0.4) is 0 Å². The van der Waals surface area contributed by atoms with Crippen LogP contribution in [0.15, 0.2) is 49.2 Å². The van der Waals surface area contributed by atoms with Crippen molar-refractivity contribution in [3.05, 3.63) is 65.3 Å². The molecule has 4 heterocycles. The van der Waals surface area contributed by atoms with Gasteiger partial charge >= 0.3 is 0 Å². The topological polar surface area (TPSA) is 83.0 Å². The predicted octanol–water partition coefficient (Wildman–Crippen LogP) is 3.69. The number of benzene rings is 1. The number of carbonyl (C=O) groups is 1.